The normalized spacial score (nSPS) is 38.9. The molecule has 3 rings (SSSR count). The van der Waals surface area contributed by atoms with E-state index in [2.05, 4.69) is 13.8 Å². The molecule has 3 aliphatic rings. The first-order chi connectivity index (χ1) is 6.51. The van der Waals surface area contributed by atoms with Crippen LogP contribution in [0.15, 0.2) is 0 Å². The van der Waals surface area contributed by atoms with E-state index in [1.54, 1.807) is 0 Å². The summed E-state index contributed by atoms with van der Waals surface area (Å²) in [5.74, 6) is 2.45. The summed E-state index contributed by atoms with van der Waals surface area (Å²) in [4.78, 5) is 10.7. The van der Waals surface area contributed by atoms with Gasteiger partial charge in [-0.15, -0.1) is 0 Å². The third-order valence-corrected chi connectivity index (χ3v) is 4.76. The van der Waals surface area contributed by atoms with Gasteiger partial charge in [0, 0.05) is 6.42 Å². The van der Waals surface area contributed by atoms with Crippen LogP contribution in [0.3, 0.4) is 0 Å². The van der Waals surface area contributed by atoms with Gasteiger partial charge in [-0.25, -0.2) is 0 Å². The fraction of sp³-hybridized carbons (Fsp3) is 0.917. The van der Waals surface area contributed by atoms with Crippen LogP contribution in [0.5, 0.6) is 0 Å². The van der Waals surface area contributed by atoms with Gasteiger partial charge in [0.1, 0.15) is 0 Å². The average Bonchev–Trinajstić information content (AvgIpc) is 2.14. The number of amides is 1. The number of hydrogen-bond donors (Lipinski definition) is 1. The van der Waals surface area contributed by atoms with Crippen LogP contribution in [-0.4, -0.2) is 5.91 Å². The minimum absolute atomic E-state index is 0.135. The van der Waals surface area contributed by atoms with E-state index in [9.17, 15) is 4.79 Å². The van der Waals surface area contributed by atoms with Gasteiger partial charge in [-0.3, -0.25) is 4.79 Å². The molecule has 0 saturated heterocycles. The Morgan fingerprint density at radius 1 is 1.43 bits per heavy atom. The zero-order chi connectivity index (χ0) is 10.3. The lowest BCUT2D eigenvalue weighted by atomic mass is 9.45. The Hall–Kier alpha value is -0.530. The number of rotatable bonds is 3. The summed E-state index contributed by atoms with van der Waals surface area (Å²) in [5, 5.41) is 0. The van der Waals surface area contributed by atoms with Crippen LogP contribution in [0.4, 0.5) is 0 Å². The summed E-state index contributed by atoms with van der Waals surface area (Å²) < 4.78 is 0. The summed E-state index contributed by atoms with van der Waals surface area (Å²) in [7, 11) is 0. The number of carbonyl (C=O) groups is 1. The van der Waals surface area contributed by atoms with E-state index >= 15 is 0 Å². The molecule has 0 heterocycles. The predicted octanol–water partition coefficient (Wildman–Crippen LogP) is 2.32. The van der Waals surface area contributed by atoms with E-state index in [-0.39, 0.29) is 5.91 Å². The molecule has 0 aromatic heterocycles. The van der Waals surface area contributed by atoms with Crippen molar-refractivity contribution < 1.29 is 4.79 Å². The summed E-state index contributed by atoms with van der Waals surface area (Å²) >= 11 is 0. The summed E-state index contributed by atoms with van der Waals surface area (Å²) in [6.45, 7) is 4.78. The van der Waals surface area contributed by atoms with Crippen LogP contribution in [0, 0.1) is 23.2 Å². The molecule has 2 heteroatoms. The molecular formula is C12H21NO. The van der Waals surface area contributed by atoms with Crippen molar-refractivity contribution in [2.45, 2.75) is 46.0 Å². The number of carbonyl (C=O) groups excluding carboxylic acids is 1. The Morgan fingerprint density at radius 3 is 2.64 bits per heavy atom. The zero-order valence-corrected chi connectivity index (χ0v) is 9.25. The van der Waals surface area contributed by atoms with Gasteiger partial charge in [0.05, 0.1) is 0 Å². The number of hydrogen-bond acceptors (Lipinski definition) is 1. The second-order valence-electron chi connectivity index (χ2n) is 5.70. The summed E-state index contributed by atoms with van der Waals surface area (Å²) in [6.07, 6.45) is 5.70. The molecule has 0 aromatic carbocycles. The molecule has 0 spiro atoms. The molecule has 2 nitrogen and oxygen atoms in total. The first kappa shape index (κ1) is 10.0. The molecule has 0 radical (unpaired) electrons. The maximum atomic E-state index is 10.7. The highest BCUT2D eigenvalue weighted by Crippen LogP contribution is 2.62. The first-order valence-electron chi connectivity index (χ1n) is 5.80. The van der Waals surface area contributed by atoms with Crippen molar-refractivity contribution in [3.05, 3.63) is 0 Å². The molecule has 14 heavy (non-hydrogen) atoms. The predicted molar refractivity (Wildman–Crippen MR) is 56.5 cm³/mol. The molecular weight excluding hydrogens is 174 g/mol. The van der Waals surface area contributed by atoms with Crippen molar-refractivity contribution >= 4 is 5.91 Å². The van der Waals surface area contributed by atoms with Crippen molar-refractivity contribution in [1.29, 1.82) is 0 Å². The first-order valence-corrected chi connectivity index (χ1v) is 5.80. The molecule has 3 saturated carbocycles. The van der Waals surface area contributed by atoms with E-state index in [0.717, 1.165) is 24.2 Å². The minimum Gasteiger partial charge on any atom is -0.370 e. The Morgan fingerprint density at radius 2 is 2.14 bits per heavy atom. The molecule has 3 fully saturated rings. The highest BCUT2D eigenvalue weighted by molar-refractivity contribution is 5.73. The Balaban J connectivity index is 1.91. The van der Waals surface area contributed by atoms with Crippen molar-refractivity contribution in [2.24, 2.45) is 28.9 Å². The maximum Gasteiger partial charge on any atom is 0.217 e. The summed E-state index contributed by atoms with van der Waals surface area (Å²) in [5.41, 5.74) is 5.74. The van der Waals surface area contributed by atoms with Crippen molar-refractivity contribution in [1.82, 2.24) is 0 Å². The molecule has 80 valence electrons. The molecule has 3 atom stereocenters. The van der Waals surface area contributed by atoms with E-state index in [4.69, 9.17) is 5.73 Å². The monoisotopic (exact) mass is 195 g/mol. The Bertz CT molecular complexity index is 245. The van der Waals surface area contributed by atoms with Gasteiger partial charge < -0.3 is 5.73 Å². The summed E-state index contributed by atoms with van der Waals surface area (Å²) in [6, 6.07) is 0. The van der Waals surface area contributed by atoms with Gasteiger partial charge in [-0.2, -0.15) is 0 Å². The average molecular weight is 195 g/mol. The van der Waals surface area contributed by atoms with E-state index in [1.807, 2.05) is 0 Å². The van der Waals surface area contributed by atoms with Gasteiger partial charge in [0.2, 0.25) is 5.91 Å². The third-order valence-electron chi connectivity index (χ3n) is 4.76. The van der Waals surface area contributed by atoms with Crippen LogP contribution in [0.2, 0.25) is 0 Å². The Kier molecular flexibility index (Phi) is 2.32. The van der Waals surface area contributed by atoms with E-state index < -0.39 is 0 Å². The topological polar surface area (TPSA) is 43.1 Å². The third kappa shape index (κ3) is 1.45. The van der Waals surface area contributed by atoms with Crippen molar-refractivity contribution in [3.8, 4) is 0 Å². The molecule has 0 aromatic rings. The molecule has 0 aliphatic heterocycles. The second kappa shape index (κ2) is 3.25. The van der Waals surface area contributed by atoms with Crippen molar-refractivity contribution in [3.63, 3.8) is 0 Å². The van der Waals surface area contributed by atoms with Crippen LogP contribution in [0.1, 0.15) is 46.0 Å². The number of primary amides is 1. The van der Waals surface area contributed by atoms with Crippen LogP contribution in [0.25, 0.3) is 0 Å². The molecule has 2 bridgehead atoms. The molecule has 1 amide bonds. The van der Waals surface area contributed by atoms with Gasteiger partial charge in [-0.05, 0) is 48.9 Å². The largest absolute Gasteiger partial charge is 0.370 e. The number of fused-ring (bicyclic) bond motifs is 2. The van der Waals surface area contributed by atoms with E-state index in [0.29, 0.717) is 11.8 Å². The fourth-order valence-electron chi connectivity index (χ4n) is 3.64. The number of nitrogens with two attached hydrogens (primary N) is 1. The lowest BCUT2D eigenvalue weighted by molar-refractivity contribution is -0.122. The van der Waals surface area contributed by atoms with Crippen LogP contribution in [-0.2, 0) is 4.79 Å². The van der Waals surface area contributed by atoms with E-state index in [1.165, 1.54) is 19.3 Å². The standard InChI is InChI=1S/C12H21NO/c1-12(2)9-5-3-8(10(12)7-9)4-6-11(13)14/h8-10H,3-7H2,1-2H3,(H2,13,14). The van der Waals surface area contributed by atoms with Gasteiger partial charge in [0.25, 0.3) is 0 Å². The van der Waals surface area contributed by atoms with Gasteiger partial charge in [-0.1, -0.05) is 13.8 Å². The van der Waals surface area contributed by atoms with Crippen LogP contribution < -0.4 is 5.73 Å². The van der Waals surface area contributed by atoms with Crippen molar-refractivity contribution in [2.75, 3.05) is 0 Å². The van der Waals surface area contributed by atoms with Gasteiger partial charge >= 0.3 is 0 Å². The van der Waals surface area contributed by atoms with Gasteiger partial charge in [0.15, 0.2) is 0 Å². The lowest BCUT2D eigenvalue weighted by Crippen LogP contribution is -2.52. The second-order valence-corrected chi connectivity index (χ2v) is 5.70. The SMILES string of the molecule is CC1(C)C2CCC(CCC(N)=O)C1C2. The fourth-order valence-corrected chi connectivity index (χ4v) is 3.64. The smallest absolute Gasteiger partial charge is 0.217 e. The minimum atomic E-state index is -0.135. The lowest BCUT2D eigenvalue weighted by Gasteiger charge is -2.60. The highest BCUT2D eigenvalue weighted by atomic mass is 16.1. The molecule has 3 unspecified atom stereocenters. The highest BCUT2D eigenvalue weighted by Gasteiger charge is 2.53. The zero-order valence-electron chi connectivity index (χ0n) is 9.25. The quantitative estimate of drug-likeness (QED) is 0.738. The maximum absolute atomic E-state index is 10.7. The Labute approximate surface area is 86.2 Å². The van der Waals surface area contributed by atoms with Crippen LogP contribution >= 0.6 is 0 Å². The molecule has 3 aliphatic carbocycles. The molecule has 2 N–H and O–H groups in total.